The van der Waals surface area contributed by atoms with Crippen molar-refractivity contribution in [3.63, 3.8) is 0 Å². The molecule has 0 saturated heterocycles. The Morgan fingerprint density at radius 3 is 2.79 bits per heavy atom. The van der Waals surface area contributed by atoms with Crippen LogP contribution >= 0.6 is 28.1 Å². The van der Waals surface area contributed by atoms with Crippen molar-refractivity contribution in [1.29, 1.82) is 0 Å². The molecule has 0 aliphatic rings. The molecular formula is C9H10BrNO2S. The third kappa shape index (κ3) is 2.59. The fraction of sp³-hybridized carbons (Fsp3) is 0.222. The van der Waals surface area contributed by atoms with Crippen LogP contribution in [0.15, 0.2) is 16.6 Å². The van der Waals surface area contributed by atoms with Crippen molar-refractivity contribution >= 4 is 33.1 Å². The van der Waals surface area contributed by atoms with Crippen LogP contribution in [0.2, 0.25) is 0 Å². The Morgan fingerprint density at radius 2 is 2.29 bits per heavy atom. The van der Waals surface area contributed by atoms with Crippen molar-refractivity contribution in [3.8, 4) is 11.5 Å². The average molecular weight is 276 g/mol. The lowest BCUT2D eigenvalue weighted by Gasteiger charge is -2.08. The fourth-order valence-electron chi connectivity index (χ4n) is 1.07. The van der Waals surface area contributed by atoms with E-state index in [0.29, 0.717) is 17.2 Å². The lowest BCUT2D eigenvalue weighted by molar-refractivity contribution is 0.373. The van der Waals surface area contributed by atoms with Gasteiger partial charge in [0.15, 0.2) is 11.5 Å². The number of ether oxygens (including phenoxy) is 1. The van der Waals surface area contributed by atoms with Crippen LogP contribution in [0, 0.1) is 0 Å². The zero-order valence-electron chi connectivity index (χ0n) is 7.58. The molecule has 0 aliphatic heterocycles. The number of aromatic hydroxyl groups is 1. The van der Waals surface area contributed by atoms with Gasteiger partial charge in [0.1, 0.15) is 0 Å². The summed E-state index contributed by atoms with van der Waals surface area (Å²) in [5, 5.41) is 9.43. The topological polar surface area (TPSA) is 55.5 Å². The van der Waals surface area contributed by atoms with Gasteiger partial charge in [0.2, 0.25) is 0 Å². The third-order valence-corrected chi connectivity index (χ3v) is 2.60. The summed E-state index contributed by atoms with van der Waals surface area (Å²) >= 11 is 8.11. The van der Waals surface area contributed by atoms with Gasteiger partial charge < -0.3 is 15.6 Å². The normalized spacial score (nSPS) is 9.86. The van der Waals surface area contributed by atoms with Gasteiger partial charge in [0.05, 0.1) is 12.1 Å². The quantitative estimate of drug-likeness (QED) is 0.829. The van der Waals surface area contributed by atoms with Crippen LogP contribution in [0.5, 0.6) is 11.5 Å². The standard InChI is InChI=1S/C9H10BrNO2S/c1-13-8-2-5(3-9(11)14)6(10)4-7(8)12/h2,4,12H,3H2,1H3,(H2,11,14). The molecule has 1 rings (SSSR count). The zero-order valence-corrected chi connectivity index (χ0v) is 9.98. The van der Waals surface area contributed by atoms with Crippen molar-refractivity contribution in [1.82, 2.24) is 0 Å². The molecule has 0 aliphatic carbocycles. The highest BCUT2D eigenvalue weighted by molar-refractivity contribution is 9.10. The molecule has 0 fully saturated rings. The van der Waals surface area contributed by atoms with E-state index in [1.54, 1.807) is 12.1 Å². The summed E-state index contributed by atoms with van der Waals surface area (Å²) in [5.74, 6) is 0.505. The molecule has 0 amide bonds. The van der Waals surface area contributed by atoms with Crippen LogP contribution in [0.4, 0.5) is 0 Å². The van der Waals surface area contributed by atoms with Crippen LogP contribution in [0.1, 0.15) is 5.56 Å². The lowest BCUT2D eigenvalue weighted by atomic mass is 10.1. The molecular weight excluding hydrogens is 266 g/mol. The maximum atomic E-state index is 9.43. The smallest absolute Gasteiger partial charge is 0.160 e. The molecule has 14 heavy (non-hydrogen) atoms. The number of halogens is 1. The minimum Gasteiger partial charge on any atom is -0.504 e. The molecule has 3 nitrogen and oxygen atoms in total. The summed E-state index contributed by atoms with van der Waals surface area (Å²) in [6.07, 6.45) is 0.479. The highest BCUT2D eigenvalue weighted by Crippen LogP contribution is 2.32. The number of phenolic OH excluding ortho intramolecular Hbond substituents is 1. The van der Waals surface area contributed by atoms with E-state index in [9.17, 15) is 5.11 Å². The highest BCUT2D eigenvalue weighted by Gasteiger charge is 2.08. The number of benzene rings is 1. The van der Waals surface area contributed by atoms with Crippen LogP contribution in [-0.2, 0) is 6.42 Å². The maximum absolute atomic E-state index is 9.43. The van der Waals surface area contributed by atoms with Gasteiger partial charge in [-0.15, -0.1) is 0 Å². The number of phenols is 1. The average Bonchev–Trinajstić information content (AvgIpc) is 2.09. The minimum absolute atomic E-state index is 0.0889. The Balaban J connectivity index is 3.10. The van der Waals surface area contributed by atoms with E-state index < -0.39 is 0 Å². The van der Waals surface area contributed by atoms with Gasteiger partial charge in [-0.2, -0.15) is 0 Å². The third-order valence-electron chi connectivity index (χ3n) is 1.71. The van der Waals surface area contributed by atoms with Crippen LogP contribution in [0.25, 0.3) is 0 Å². The first-order valence-corrected chi connectivity index (χ1v) is 5.08. The van der Waals surface area contributed by atoms with E-state index in [2.05, 4.69) is 15.9 Å². The monoisotopic (exact) mass is 275 g/mol. The molecule has 0 saturated carbocycles. The maximum Gasteiger partial charge on any atom is 0.160 e. The van der Waals surface area contributed by atoms with Crippen molar-refractivity contribution in [2.75, 3.05) is 7.11 Å². The molecule has 1 aromatic carbocycles. The number of hydrogen-bond acceptors (Lipinski definition) is 3. The molecule has 76 valence electrons. The molecule has 0 unspecified atom stereocenters. The van der Waals surface area contributed by atoms with Gasteiger partial charge in [-0.25, -0.2) is 0 Å². The van der Waals surface area contributed by atoms with E-state index in [4.69, 9.17) is 22.7 Å². The van der Waals surface area contributed by atoms with Crippen LogP contribution in [-0.4, -0.2) is 17.2 Å². The number of methoxy groups -OCH3 is 1. The van der Waals surface area contributed by atoms with Gasteiger partial charge in [-0.1, -0.05) is 28.1 Å². The number of nitrogens with two attached hydrogens (primary N) is 1. The van der Waals surface area contributed by atoms with Gasteiger partial charge in [-0.3, -0.25) is 0 Å². The van der Waals surface area contributed by atoms with E-state index in [-0.39, 0.29) is 5.75 Å². The first kappa shape index (κ1) is 11.3. The molecule has 3 N–H and O–H groups in total. The molecule has 0 aromatic heterocycles. The van der Waals surface area contributed by atoms with Crippen molar-refractivity contribution in [2.24, 2.45) is 5.73 Å². The summed E-state index contributed by atoms with van der Waals surface area (Å²) < 4.78 is 5.73. The second kappa shape index (κ2) is 4.61. The fourth-order valence-corrected chi connectivity index (χ4v) is 1.70. The van der Waals surface area contributed by atoms with Gasteiger partial charge in [0.25, 0.3) is 0 Å². The minimum atomic E-state index is 0.0889. The molecule has 0 heterocycles. The molecule has 5 heteroatoms. The summed E-state index contributed by atoms with van der Waals surface area (Å²) in [5.41, 5.74) is 6.33. The summed E-state index contributed by atoms with van der Waals surface area (Å²) in [7, 11) is 1.49. The van der Waals surface area contributed by atoms with E-state index in [1.807, 2.05) is 0 Å². The zero-order chi connectivity index (χ0) is 10.7. The van der Waals surface area contributed by atoms with Crippen molar-refractivity contribution in [2.45, 2.75) is 6.42 Å². The Labute approximate surface area is 96.0 Å². The van der Waals surface area contributed by atoms with Crippen molar-refractivity contribution < 1.29 is 9.84 Å². The second-order valence-corrected chi connectivity index (χ2v) is 4.14. The Bertz CT molecular complexity index is 368. The molecule has 0 spiro atoms. The van der Waals surface area contributed by atoms with Crippen LogP contribution in [0.3, 0.4) is 0 Å². The van der Waals surface area contributed by atoms with Gasteiger partial charge in [-0.05, 0) is 17.7 Å². The van der Waals surface area contributed by atoms with Crippen molar-refractivity contribution in [3.05, 3.63) is 22.2 Å². The van der Waals surface area contributed by atoms with Crippen LogP contribution < -0.4 is 10.5 Å². The molecule has 0 atom stereocenters. The summed E-state index contributed by atoms with van der Waals surface area (Å²) in [6.45, 7) is 0. The van der Waals surface area contributed by atoms with Gasteiger partial charge in [0, 0.05) is 10.9 Å². The van der Waals surface area contributed by atoms with Gasteiger partial charge >= 0.3 is 0 Å². The lowest BCUT2D eigenvalue weighted by Crippen LogP contribution is -2.11. The first-order valence-electron chi connectivity index (χ1n) is 3.88. The first-order chi connectivity index (χ1) is 6.54. The van der Waals surface area contributed by atoms with E-state index >= 15 is 0 Å². The highest BCUT2D eigenvalue weighted by atomic mass is 79.9. The largest absolute Gasteiger partial charge is 0.504 e. The Morgan fingerprint density at radius 1 is 1.64 bits per heavy atom. The van der Waals surface area contributed by atoms with E-state index in [0.717, 1.165) is 10.0 Å². The number of thiocarbonyl (C=S) groups is 1. The second-order valence-electron chi connectivity index (χ2n) is 2.76. The SMILES string of the molecule is COc1cc(CC(N)=S)c(Br)cc1O. The van der Waals surface area contributed by atoms with E-state index in [1.165, 1.54) is 7.11 Å². The molecule has 1 aromatic rings. The molecule has 0 bridgehead atoms. The predicted molar refractivity (Wildman–Crippen MR) is 62.8 cm³/mol. The molecule has 0 radical (unpaired) electrons. The number of hydrogen-bond donors (Lipinski definition) is 2. The Kier molecular flexibility index (Phi) is 3.71. The number of rotatable bonds is 3. The summed E-state index contributed by atoms with van der Waals surface area (Å²) in [6, 6.07) is 3.27. The Hall–Kier alpha value is -0.810. The predicted octanol–water partition coefficient (Wildman–Crippen LogP) is 1.99. The summed E-state index contributed by atoms with van der Waals surface area (Å²) in [4.78, 5) is 0.401.